The van der Waals surface area contributed by atoms with E-state index >= 15 is 0 Å². The molecule has 0 aliphatic carbocycles. The molecule has 0 aliphatic rings. The molecule has 0 heterocycles. The van der Waals surface area contributed by atoms with Crippen LogP contribution in [0.1, 0.15) is 25.0 Å². The number of hydrogen-bond acceptors (Lipinski definition) is 4. The van der Waals surface area contributed by atoms with Gasteiger partial charge in [-0.2, -0.15) is 4.31 Å². The van der Waals surface area contributed by atoms with Crippen LogP contribution in [0.3, 0.4) is 0 Å². The highest BCUT2D eigenvalue weighted by molar-refractivity contribution is 7.89. The van der Waals surface area contributed by atoms with Gasteiger partial charge in [-0.15, -0.1) is 0 Å². The van der Waals surface area contributed by atoms with Crippen LogP contribution < -0.4 is 5.32 Å². The highest BCUT2D eigenvalue weighted by Crippen LogP contribution is 2.23. The summed E-state index contributed by atoms with van der Waals surface area (Å²) in [4.78, 5) is 14.3. The molecule has 0 saturated carbocycles. The van der Waals surface area contributed by atoms with Gasteiger partial charge in [0.2, 0.25) is 15.9 Å². The summed E-state index contributed by atoms with van der Waals surface area (Å²) in [6.45, 7) is 6.43. The standard InChI is InChI=1S/C21H28FN3O3S/c1-5-25(6-2)29(27,28)18-12-11-16(3)20(13-18)23-21(26)15-24(4)14-17-9-7-8-10-19(17)22/h7-13H,5-6,14-15H2,1-4H3,(H,23,26). The SMILES string of the molecule is CCN(CC)S(=O)(=O)c1ccc(C)c(NC(=O)CN(C)Cc2ccccc2F)c1. The zero-order valence-corrected chi connectivity index (χ0v) is 18.1. The number of sulfonamides is 1. The Balaban J connectivity index is 2.11. The molecule has 2 aromatic carbocycles. The summed E-state index contributed by atoms with van der Waals surface area (Å²) >= 11 is 0. The number of nitrogens with zero attached hydrogens (tertiary/aromatic N) is 2. The van der Waals surface area contributed by atoms with Crippen molar-refractivity contribution in [2.24, 2.45) is 0 Å². The third-order valence-corrected chi connectivity index (χ3v) is 6.68. The van der Waals surface area contributed by atoms with Crippen molar-refractivity contribution in [2.45, 2.75) is 32.2 Å². The first-order valence-electron chi connectivity index (χ1n) is 9.51. The van der Waals surface area contributed by atoms with Crippen molar-refractivity contribution in [1.29, 1.82) is 0 Å². The van der Waals surface area contributed by atoms with Crippen LogP contribution in [-0.2, 0) is 21.4 Å². The Morgan fingerprint density at radius 1 is 1.10 bits per heavy atom. The zero-order valence-electron chi connectivity index (χ0n) is 17.3. The van der Waals surface area contributed by atoms with E-state index in [0.29, 0.717) is 24.3 Å². The minimum absolute atomic E-state index is 0.0425. The second-order valence-electron chi connectivity index (χ2n) is 6.88. The van der Waals surface area contributed by atoms with Gasteiger partial charge >= 0.3 is 0 Å². The lowest BCUT2D eigenvalue weighted by molar-refractivity contribution is -0.117. The summed E-state index contributed by atoms with van der Waals surface area (Å²) in [5.74, 6) is -0.616. The van der Waals surface area contributed by atoms with Crippen molar-refractivity contribution in [3.05, 3.63) is 59.4 Å². The van der Waals surface area contributed by atoms with Crippen LogP contribution in [-0.4, -0.2) is 50.2 Å². The van der Waals surface area contributed by atoms with Crippen molar-refractivity contribution >= 4 is 21.6 Å². The Kier molecular flexibility index (Phi) is 7.89. The van der Waals surface area contributed by atoms with E-state index in [4.69, 9.17) is 0 Å². The molecule has 0 aliphatic heterocycles. The molecule has 0 spiro atoms. The third kappa shape index (κ3) is 5.85. The van der Waals surface area contributed by atoms with Gasteiger partial charge in [0, 0.05) is 30.9 Å². The quantitative estimate of drug-likeness (QED) is 0.675. The van der Waals surface area contributed by atoms with Crippen molar-refractivity contribution in [2.75, 3.05) is 32.0 Å². The van der Waals surface area contributed by atoms with Gasteiger partial charge in [0.05, 0.1) is 11.4 Å². The minimum atomic E-state index is -3.61. The maximum atomic E-state index is 13.8. The third-order valence-electron chi connectivity index (χ3n) is 4.64. The van der Waals surface area contributed by atoms with Gasteiger partial charge in [-0.05, 0) is 37.7 Å². The van der Waals surface area contributed by atoms with Crippen LogP contribution in [0.25, 0.3) is 0 Å². The highest BCUT2D eigenvalue weighted by Gasteiger charge is 2.22. The van der Waals surface area contributed by atoms with Crippen LogP contribution in [0.5, 0.6) is 0 Å². The van der Waals surface area contributed by atoms with Gasteiger partial charge in [0.15, 0.2) is 0 Å². The Labute approximate surface area is 172 Å². The number of carbonyl (C=O) groups excluding carboxylic acids is 1. The molecular weight excluding hydrogens is 393 g/mol. The number of benzene rings is 2. The molecule has 0 unspecified atom stereocenters. The molecule has 0 aromatic heterocycles. The predicted octanol–water partition coefficient (Wildman–Crippen LogP) is 3.24. The first kappa shape index (κ1) is 23.0. The number of rotatable bonds is 9. The Morgan fingerprint density at radius 3 is 2.38 bits per heavy atom. The fourth-order valence-corrected chi connectivity index (χ4v) is 4.50. The van der Waals surface area contributed by atoms with Crippen LogP contribution in [0.15, 0.2) is 47.4 Å². The molecule has 0 saturated heterocycles. The number of likely N-dealkylation sites (N-methyl/N-ethyl adjacent to an activating group) is 1. The van der Waals surface area contributed by atoms with Gasteiger partial charge in [-0.3, -0.25) is 9.69 Å². The number of anilines is 1. The number of halogens is 1. The van der Waals surface area contributed by atoms with Crippen molar-refractivity contribution in [1.82, 2.24) is 9.21 Å². The van der Waals surface area contributed by atoms with Gasteiger partial charge in [-0.1, -0.05) is 38.1 Å². The topological polar surface area (TPSA) is 69.7 Å². The summed E-state index contributed by atoms with van der Waals surface area (Å²) in [6.07, 6.45) is 0. The summed E-state index contributed by atoms with van der Waals surface area (Å²) in [5.41, 5.74) is 1.71. The summed E-state index contributed by atoms with van der Waals surface area (Å²) < 4.78 is 40.6. The van der Waals surface area contributed by atoms with E-state index in [9.17, 15) is 17.6 Å². The molecule has 6 nitrogen and oxygen atoms in total. The number of amides is 1. The van der Waals surface area contributed by atoms with Gasteiger partial charge in [-0.25, -0.2) is 12.8 Å². The number of carbonyl (C=O) groups is 1. The predicted molar refractivity (Wildman–Crippen MR) is 113 cm³/mol. The molecule has 158 valence electrons. The molecular formula is C21H28FN3O3S. The molecule has 0 atom stereocenters. The van der Waals surface area contributed by atoms with Crippen LogP contribution >= 0.6 is 0 Å². The van der Waals surface area contributed by atoms with E-state index in [-0.39, 0.29) is 29.7 Å². The monoisotopic (exact) mass is 421 g/mol. The van der Waals surface area contributed by atoms with Gasteiger partial charge < -0.3 is 5.32 Å². The van der Waals surface area contributed by atoms with Crippen LogP contribution in [0.4, 0.5) is 10.1 Å². The normalized spacial score (nSPS) is 11.8. The lowest BCUT2D eigenvalue weighted by Crippen LogP contribution is -2.31. The molecule has 0 fully saturated rings. The lowest BCUT2D eigenvalue weighted by Gasteiger charge is -2.20. The van der Waals surface area contributed by atoms with Crippen molar-refractivity contribution < 1.29 is 17.6 Å². The Hall–Kier alpha value is -2.29. The number of hydrogen-bond donors (Lipinski definition) is 1. The Bertz CT molecular complexity index is 959. The average molecular weight is 422 g/mol. The second kappa shape index (κ2) is 9.96. The van der Waals surface area contributed by atoms with Crippen molar-refractivity contribution in [3.8, 4) is 0 Å². The van der Waals surface area contributed by atoms with Crippen LogP contribution in [0.2, 0.25) is 0 Å². The van der Waals surface area contributed by atoms with Crippen LogP contribution in [0, 0.1) is 12.7 Å². The molecule has 1 amide bonds. The van der Waals surface area contributed by atoms with E-state index in [1.807, 2.05) is 0 Å². The van der Waals surface area contributed by atoms with E-state index in [2.05, 4.69) is 5.32 Å². The largest absolute Gasteiger partial charge is 0.325 e. The lowest BCUT2D eigenvalue weighted by atomic mass is 10.2. The minimum Gasteiger partial charge on any atom is -0.325 e. The average Bonchev–Trinajstić information content (AvgIpc) is 2.66. The first-order chi connectivity index (χ1) is 13.7. The summed E-state index contributed by atoms with van der Waals surface area (Å²) in [7, 11) is -1.89. The fourth-order valence-electron chi connectivity index (χ4n) is 3.02. The summed E-state index contributed by atoms with van der Waals surface area (Å²) in [6, 6.07) is 11.1. The summed E-state index contributed by atoms with van der Waals surface area (Å²) in [5, 5.41) is 2.77. The maximum absolute atomic E-state index is 13.8. The molecule has 0 radical (unpaired) electrons. The Morgan fingerprint density at radius 2 is 1.76 bits per heavy atom. The maximum Gasteiger partial charge on any atom is 0.243 e. The smallest absolute Gasteiger partial charge is 0.243 e. The molecule has 2 aromatic rings. The molecule has 1 N–H and O–H groups in total. The van der Waals surface area contributed by atoms with E-state index in [0.717, 1.165) is 5.56 Å². The molecule has 29 heavy (non-hydrogen) atoms. The molecule has 8 heteroatoms. The molecule has 0 bridgehead atoms. The first-order valence-corrected chi connectivity index (χ1v) is 11.0. The number of aryl methyl sites for hydroxylation is 1. The number of nitrogens with one attached hydrogen (secondary N) is 1. The van der Waals surface area contributed by atoms with Crippen molar-refractivity contribution in [3.63, 3.8) is 0 Å². The fraction of sp³-hybridized carbons (Fsp3) is 0.381. The van der Waals surface area contributed by atoms with E-state index in [1.54, 1.807) is 63.1 Å². The van der Waals surface area contributed by atoms with E-state index < -0.39 is 10.0 Å². The second-order valence-corrected chi connectivity index (χ2v) is 8.82. The zero-order chi connectivity index (χ0) is 21.6. The van der Waals surface area contributed by atoms with Gasteiger partial charge in [0.1, 0.15) is 5.82 Å². The highest BCUT2D eigenvalue weighted by atomic mass is 32.2. The molecule has 2 rings (SSSR count). The van der Waals surface area contributed by atoms with Gasteiger partial charge in [0.25, 0.3) is 0 Å². The van der Waals surface area contributed by atoms with E-state index in [1.165, 1.54) is 16.4 Å².